The van der Waals surface area contributed by atoms with E-state index in [2.05, 4.69) is 165 Å². The summed E-state index contributed by atoms with van der Waals surface area (Å²) in [7, 11) is 0. The third-order valence-electron chi connectivity index (χ3n) is 9.32. The SMILES string of the molecule is CC(C)(C)c1cc(Oc2[c-]c(N3[CH-]N(c4cccc(C(C)(C)C)c4)c4cc(C(C)(C)C)ccc43)ccc2)[c-]c(Oc2cc(C(C)(C)C)ccn2)c1.[Pt]. The molecule has 0 radical (unpaired) electrons. The zero-order valence-corrected chi connectivity index (χ0v) is 35.0. The number of rotatable bonds is 6. The number of anilines is 4. The molecule has 0 amide bonds. The molecule has 0 unspecified atom stereocenters. The van der Waals surface area contributed by atoms with Crippen LogP contribution >= 0.6 is 0 Å². The third-order valence-corrected chi connectivity index (χ3v) is 9.32. The van der Waals surface area contributed by atoms with E-state index in [1.165, 1.54) is 11.1 Å². The summed E-state index contributed by atoms with van der Waals surface area (Å²) in [5.74, 6) is 2.22. The summed E-state index contributed by atoms with van der Waals surface area (Å²) >= 11 is 0. The zero-order valence-electron chi connectivity index (χ0n) is 32.7. The average molecular weight is 874 g/mol. The molecule has 0 aliphatic carbocycles. The quantitative estimate of drug-likeness (QED) is 0.159. The number of fused-ring (bicyclic) bond motifs is 1. The van der Waals surface area contributed by atoms with E-state index in [0.717, 1.165) is 33.9 Å². The molecule has 0 saturated heterocycles. The van der Waals surface area contributed by atoms with Gasteiger partial charge < -0.3 is 19.3 Å². The minimum Gasteiger partial charge on any atom is -0.509 e. The first-order valence-corrected chi connectivity index (χ1v) is 17.9. The summed E-state index contributed by atoms with van der Waals surface area (Å²) in [5, 5.41) is 0. The van der Waals surface area contributed by atoms with Crippen LogP contribution in [0.3, 0.4) is 0 Å². The Morgan fingerprint density at radius 3 is 1.77 bits per heavy atom. The molecule has 0 spiro atoms. The molecule has 1 aromatic heterocycles. The molecule has 1 aliphatic heterocycles. The summed E-state index contributed by atoms with van der Waals surface area (Å²) in [6, 6.07) is 36.6. The molecule has 52 heavy (non-hydrogen) atoms. The van der Waals surface area contributed by atoms with Gasteiger partial charge in [-0.2, -0.15) is 6.07 Å². The van der Waals surface area contributed by atoms with Gasteiger partial charge >= 0.3 is 0 Å². The number of hydrogen-bond acceptors (Lipinski definition) is 5. The monoisotopic (exact) mass is 873 g/mol. The predicted octanol–water partition coefficient (Wildman–Crippen LogP) is 12.9. The first-order chi connectivity index (χ1) is 23.8. The first kappa shape index (κ1) is 39.1. The maximum absolute atomic E-state index is 6.52. The number of pyridine rings is 1. The van der Waals surface area contributed by atoms with Crippen LogP contribution in [-0.2, 0) is 42.7 Å². The van der Waals surface area contributed by atoms with Gasteiger partial charge in [-0.3, -0.25) is 0 Å². The maximum Gasteiger partial charge on any atom is 0.216 e. The Morgan fingerprint density at radius 2 is 1.12 bits per heavy atom. The van der Waals surface area contributed by atoms with Crippen molar-refractivity contribution in [1.82, 2.24) is 4.98 Å². The van der Waals surface area contributed by atoms with Crippen molar-refractivity contribution in [2.45, 2.75) is 105 Å². The van der Waals surface area contributed by atoms with Crippen LogP contribution in [0.1, 0.15) is 105 Å². The summed E-state index contributed by atoms with van der Waals surface area (Å²) < 4.78 is 12.8. The molecule has 276 valence electrons. The molecule has 4 aromatic carbocycles. The summed E-state index contributed by atoms with van der Waals surface area (Å²) in [4.78, 5) is 8.97. The Hall–Kier alpha value is -4.08. The van der Waals surface area contributed by atoms with Crippen LogP contribution in [-0.4, -0.2) is 4.98 Å². The van der Waals surface area contributed by atoms with Crippen molar-refractivity contribution in [1.29, 1.82) is 0 Å². The van der Waals surface area contributed by atoms with Gasteiger partial charge in [0.15, 0.2) is 0 Å². The Kier molecular flexibility index (Phi) is 10.8. The van der Waals surface area contributed by atoms with Crippen LogP contribution in [0, 0.1) is 18.8 Å². The molecule has 0 fully saturated rings. The van der Waals surface area contributed by atoms with E-state index in [0.29, 0.717) is 23.1 Å². The van der Waals surface area contributed by atoms with Crippen LogP contribution in [0.15, 0.2) is 91.1 Å². The molecule has 5 nitrogen and oxygen atoms in total. The van der Waals surface area contributed by atoms with Crippen LogP contribution in [0.5, 0.6) is 23.1 Å². The van der Waals surface area contributed by atoms with Crippen molar-refractivity contribution in [2.75, 3.05) is 9.80 Å². The Balaban J connectivity index is 0.00000523. The number of ether oxygens (including phenoxy) is 2. The van der Waals surface area contributed by atoms with E-state index in [-0.39, 0.29) is 42.7 Å². The van der Waals surface area contributed by atoms with Crippen molar-refractivity contribution in [2.24, 2.45) is 0 Å². The van der Waals surface area contributed by atoms with Crippen LogP contribution < -0.4 is 19.3 Å². The van der Waals surface area contributed by atoms with Crippen molar-refractivity contribution >= 4 is 22.7 Å². The molecule has 2 heterocycles. The van der Waals surface area contributed by atoms with Crippen molar-refractivity contribution in [3.8, 4) is 23.1 Å². The number of aromatic nitrogens is 1. The maximum atomic E-state index is 6.52. The van der Waals surface area contributed by atoms with E-state index >= 15 is 0 Å². The molecule has 6 rings (SSSR count). The van der Waals surface area contributed by atoms with Crippen molar-refractivity contribution in [3.05, 3.63) is 132 Å². The van der Waals surface area contributed by atoms with Crippen LogP contribution in [0.4, 0.5) is 22.7 Å². The fourth-order valence-corrected chi connectivity index (χ4v) is 6.01. The summed E-state index contributed by atoms with van der Waals surface area (Å²) in [5.41, 5.74) is 8.86. The standard InChI is InChI=1S/C46H52N3O2.Pt/c1-43(2,3)31-15-13-16-35(23-31)49-30-48(40-20-19-32(26-41(40)49)44(4,5)6)36-17-14-18-37(28-36)50-38-24-34(46(10,11)12)25-39(29-38)51-42-27-33(21-22-47-42)45(7,8)9;/h13-27,30H,1-12H3;/q-3;. The minimum atomic E-state index is -0.147. The Bertz CT molecular complexity index is 2040. The van der Waals surface area contributed by atoms with Gasteiger partial charge in [0.05, 0.1) is 0 Å². The second-order valence-electron chi connectivity index (χ2n) is 17.7. The molecule has 5 aromatic rings. The number of nitrogens with zero attached hydrogens (tertiary/aromatic N) is 3. The largest absolute Gasteiger partial charge is 0.509 e. The van der Waals surface area contributed by atoms with Gasteiger partial charge in [0.2, 0.25) is 5.88 Å². The average Bonchev–Trinajstić information content (AvgIpc) is 3.43. The predicted molar refractivity (Wildman–Crippen MR) is 211 cm³/mol. The van der Waals surface area contributed by atoms with Gasteiger partial charge in [-0.25, -0.2) is 4.98 Å². The summed E-state index contributed by atoms with van der Waals surface area (Å²) in [6.45, 7) is 28.8. The molecular formula is C46H52N3O2Pt-3. The summed E-state index contributed by atoms with van der Waals surface area (Å²) in [6.07, 6.45) is 1.79. The topological polar surface area (TPSA) is 37.8 Å². The normalized spacial score (nSPS) is 13.5. The third kappa shape index (κ3) is 8.75. The fourth-order valence-electron chi connectivity index (χ4n) is 6.01. The zero-order chi connectivity index (χ0) is 36.9. The fraction of sp³-hybridized carbons (Fsp3) is 0.348. The molecule has 0 saturated carbocycles. The van der Waals surface area contributed by atoms with E-state index in [4.69, 9.17) is 9.47 Å². The Labute approximate surface area is 326 Å². The second kappa shape index (κ2) is 14.4. The number of benzene rings is 4. The van der Waals surface area contributed by atoms with Gasteiger partial charge in [-0.1, -0.05) is 107 Å². The second-order valence-corrected chi connectivity index (χ2v) is 17.7. The van der Waals surface area contributed by atoms with E-state index in [9.17, 15) is 0 Å². The van der Waals surface area contributed by atoms with Gasteiger partial charge in [0, 0.05) is 67.6 Å². The van der Waals surface area contributed by atoms with Gasteiger partial charge in [0.1, 0.15) is 0 Å². The molecule has 0 atom stereocenters. The minimum absolute atomic E-state index is 0. The van der Waals surface area contributed by atoms with Crippen LogP contribution in [0.25, 0.3) is 0 Å². The smallest absolute Gasteiger partial charge is 0.216 e. The van der Waals surface area contributed by atoms with E-state index in [1.807, 2.05) is 36.4 Å². The Morgan fingerprint density at radius 1 is 0.519 bits per heavy atom. The van der Waals surface area contributed by atoms with E-state index < -0.39 is 0 Å². The molecule has 6 heteroatoms. The van der Waals surface area contributed by atoms with Crippen LogP contribution in [0.2, 0.25) is 0 Å². The van der Waals surface area contributed by atoms with Crippen molar-refractivity contribution < 1.29 is 30.5 Å². The first-order valence-electron chi connectivity index (χ1n) is 17.9. The number of hydrogen-bond donors (Lipinski definition) is 0. The van der Waals surface area contributed by atoms with Gasteiger partial charge in [0.25, 0.3) is 0 Å². The van der Waals surface area contributed by atoms with Gasteiger partial charge in [-0.05, 0) is 68.7 Å². The molecule has 0 bridgehead atoms. The molecule has 1 aliphatic rings. The van der Waals surface area contributed by atoms with Crippen molar-refractivity contribution in [3.63, 3.8) is 0 Å². The van der Waals surface area contributed by atoms with Gasteiger partial charge in [-0.15, -0.1) is 48.3 Å². The van der Waals surface area contributed by atoms with E-state index in [1.54, 1.807) is 6.20 Å². The molecule has 0 N–H and O–H groups in total. The molecular weight excluding hydrogens is 822 g/mol.